The van der Waals surface area contributed by atoms with Crippen molar-refractivity contribution in [3.8, 4) is 5.69 Å². The number of hydrogen-bond donors (Lipinski definition) is 2. The highest BCUT2D eigenvalue weighted by molar-refractivity contribution is 7.18. The maximum atomic E-state index is 14.7. The summed E-state index contributed by atoms with van der Waals surface area (Å²) in [6, 6.07) is 6.70. The number of benzene rings is 1. The Balaban J connectivity index is 1.45. The van der Waals surface area contributed by atoms with Gasteiger partial charge in [-0.15, -0.1) is 11.3 Å². The summed E-state index contributed by atoms with van der Waals surface area (Å²) in [7, 11) is 0. The van der Waals surface area contributed by atoms with Crippen molar-refractivity contribution >= 4 is 34.8 Å². The van der Waals surface area contributed by atoms with Crippen molar-refractivity contribution in [3.63, 3.8) is 0 Å². The SMILES string of the molecule is O=C(N[C@@H]1CCC[C@@H]1NC(=O)c1ccc(-n2ccncc2=O)cc1F)c1ccc(Cl)s1. The number of hydrogen-bond acceptors (Lipinski definition) is 5. The van der Waals surface area contributed by atoms with Crippen molar-refractivity contribution in [2.45, 2.75) is 31.3 Å². The molecule has 0 unspecified atom stereocenters. The van der Waals surface area contributed by atoms with Gasteiger partial charge in [-0.25, -0.2) is 4.39 Å². The predicted octanol–water partition coefficient (Wildman–Crippen LogP) is 3.17. The second-order valence-corrected chi connectivity index (χ2v) is 8.86. The van der Waals surface area contributed by atoms with Gasteiger partial charge in [0.1, 0.15) is 5.82 Å². The van der Waals surface area contributed by atoms with E-state index < -0.39 is 17.3 Å². The fraction of sp³-hybridized carbons (Fsp3) is 0.238. The molecule has 0 saturated heterocycles. The minimum absolute atomic E-state index is 0.132. The number of carbonyl (C=O) groups excluding carboxylic acids is 2. The van der Waals surface area contributed by atoms with Crippen molar-refractivity contribution < 1.29 is 14.0 Å². The van der Waals surface area contributed by atoms with Gasteiger partial charge >= 0.3 is 0 Å². The van der Waals surface area contributed by atoms with Crippen LogP contribution in [-0.4, -0.2) is 33.4 Å². The van der Waals surface area contributed by atoms with Crippen LogP contribution in [0.5, 0.6) is 0 Å². The zero-order chi connectivity index (χ0) is 22.0. The predicted molar refractivity (Wildman–Crippen MR) is 115 cm³/mol. The summed E-state index contributed by atoms with van der Waals surface area (Å²) in [5.74, 6) is -1.57. The van der Waals surface area contributed by atoms with E-state index in [9.17, 15) is 18.8 Å². The van der Waals surface area contributed by atoms with Gasteiger partial charge in [0.15, 0.2) is 0 Å². The first-order chi connectivity index (χ1) is 14.9. The maximum absolute atomic E-state index is 14.7. The Morgan fingerprint density at radius 2 is 1.87 bits per heavy atom. The van der Waals surface area contributed by atoms with Gasteiger partial charge in [0.05, 0.1) is 26.7 Å². The molecule has 2 atom stereocenters. The smallest absolute Gasteiger partial charge is 0.273 e. The Kier molecular flexibility index (Phi) is 6.15. The van der Waals surface area contributed by atoms with E-state index in [2.05, 4.69) is 15.6 Å². The highest BCUT2D eigenvalue weighted by Gasteiger charge is 2.31. The summed E-state index contributed by atoms with van der Waals surface area (Å²) in [6.07, 6.45) is 6.17. The van der Waals surface area contributed by atoms with E-state index in [0.29, 0.717) is 27.7 Å². The van der Waals surface area contributed by atoms with Crippen molar-refractivity contribution in [1.82, 2.24) is 20.2 Å². The zero-order valence-electron chi connectivity index (χ0n) is 16.2. The Morgan fingerprint density at radius 3 is 2.52 bits per heavy atom. The molecular weight excluding hydrogens is 443 g/mol. The van der Waals surface area contributed by atoms with Gasteiger partial charge in [-0.1, -0.05) is 11.6 Å². The van der Waals surface area contributed by atoms with Crippen LogP contribution in [0.3, 0.4) is 0 Å². The molecule has 1 aromatic carbocycles. The van der Waals surface area contributed by atoms with E-state index in [1.165, 1.54) is 40.4 Å². The summed E-state index contributed by atoms with van der Waals surface area (Å²) < 4.78 is 16.4. The molecule has 7 nitrogen and oxygen atoms in total. The summed E-state index contributed by atoms with van der Waals surface area (Å²) >= 11 is 7.07. The minimum Gasteiger partial charge on any atom is -0.347 e. The van der Waals surface area contributed by atoms with Gasteiger partial charge in [-0.2, -0.15) is 0 Å². The number of carbonyl (C=O) groups is 2. The molecule has 2 amide bonds. The monoisotopic (exact) mass is 460 g/mol. The lowest BCUT2D eigenvalue weighted by Crippen LogP contribution is -2.48. The minimum atomic E-state index is -0.745. The van der Waals surface area contributed by atoms with Gasteiger partial charge in [-0.05, 0) is 49.6 Å². The first-order valence-corrected chi connectivity index (χ1v) is 10.8. The van der Waals surface area contributed by atoms with Crippen molar-refractivity contribution in [3.05, 3.63) is 79.9 Å². The van der Waals surface area contributed by atoms with Crippen LogP contribution in [0.4, 0.5) is 4.39 Å². The number of nitrogens with zero attached hydrogens (tertiary/aromatic N) is 2. The molecule has 4 rings (SSSR count). The van der Waals surface area contributed by atoms with E-state index in [1.807, 2.05) is 0 Å². The van der Waals surface area contributed by atoms with E-state index >= 15 is 0 Å². The molecule has 1 aliphatic rings. The standard InChI is InChI=1S/C21H18ClFN4O3S/c22-18-7-6-17(31-18)21(30)26-16-3-1-2-15(16)25-20(29)13-5-4-12(10-14(13)23)27-9-8-24-11-19(27)28/h4-11,15-16H,1-3H2,(H,25,29)(H,26,30)/t15-,16+/m0/s1. The van der Waals surface area contributed by atoms with E-state index in [-0.39, 0.29) is 23.6 Å². The molecule has 2 heterocycles. The molecule has 1 aliphatic carbocycles. The highest BCUT2D eigenvalue weighted by atomic mass is 35.5. The third-order valence-electron chi connectivity index (χ3n) is 5.15. The Bertz CT molecular complexity index is 1200. The molecule has 0 radical (unpaired) electrons. The topological polar surface area (TPSA) is 93.1 Å². The van der Waals surface area contributed by atoms with E-state index in [1.54, 1.807) is 12.1 Å². The van der Waals surface area contributed by atoms with Crippen LogP contribution < -0.4 is 16.2 Å². The molecule has 0 spiro atoms. The molecule has 1 fully saturated rings. The normalized spacial score (nSPS) is 18.0. The second-order valence-electron chi connectivity index (χ2n) is 7.14. The molecule has 2 N–H and O–H groups in total. The largest absolute Gasteiger partial charge is 0.347 e. The first kappa shape index (κ1) is 21.2. The van der Waals surface area contributed by atoms with Crippen LogP contribution >= 0.6 is 22.9 Å². The molecule has 10 heteroatoms. The van der Waals surface area contributed by atoms with Crippen LogP contribution in [-0.2, 0) is 0 Å². The van der Waals surface area contributed by atoms with Gasteiger partial charge in [0.2, 0.25) is 0 Å². The van der Waals surface area contributed by atoms with Gasteiger partial charge in [-0.3, -0.25) is 23.9 Å². The maximum Gasteiger partial charge on any atom is 0.273 e. The molecule has 0 aliphatic heterocycles. The average Bonchev–Trinajstić information content (AvgIpc) is 3.37. The average molecular weight is 461 g/mol. The molecule has 31 heavy (non-hydrogen) atoms. The lowest BCUT2D eigenvalue weighted by Gasteiger charge is -2.22. The molecule has 3 aromatic rings. The fourth-order valence-corrected chi connectivity index (χ4v) is 4.57. The summed E-state index contributed by atoms with van der Waals surface area (Å²) in [5.41, 5.74) is -0.245. The molecular formula is C21H18ClFN4O3S. The van der Waals surface area contributed by atoms with Gasteiger partial charge < -0.3 is 10.6 Å². The number of thiophene rings is 1. The van der Waals surface area contributed by atoms with Crippen molar-refractivity contribution in [2.75, 3.05) is 0 Å². The number of halogens is 2. The number of amides is 2. The Labute approximate surface area is 185 Å². The quantitative estimate of drug-likeness (QED) is 0.611. The second kappa shape index (κ2) is 8.99. The number of rotatable bonds is 5. The Hall–Kier alpha value is -3.04. The van der Waals surface area contributed by atoms with Crippen molar-refractivity contribution in [1.29, 1.82) is 0 Å². The summed E-state index contributed by atoms with van der Waals surface area (Å²) in [6.45, 7) is 0. The van der Waals surface area contributed by atoms with E-state index in [4.69, 9.17) is 11.6 Å². The third kappa shape index (κ3) is 4.67. The lowest BCUT2D eigenvalue weighted by molar-refractivity contribution is 0.0891. The summed E-state index contributed by atoms with van der Waals surface area (Å²) in [4.78, 5) is 41.2. The fourth-order valence-electron chi connectivity index (χ4n) is 3.63. The van der Waals surface area contributed by atoms with E-state index in [0.717, 1.165) is 18.7 Å². The third-order valence-corrected chi connectivity index (χ3v) is 6.38. The summed E-state index contributed by atoms with van der Waals surface area (Å²) in [5, 5.41) is 5.75. The van der Waals surface area contributed by atoms with Crippen LogP contribution in [0.2, 0.25) is 4.34 Å². The Morgan fingerprint density at radius 1 is 1.13 bits per heavy atom. The van der Waals surface area contributed by atoms with Crippen LogP contribution in [0.15, 0.2) is 53.7 Å². The van der Waals surface area contributed by atoms with Gasteiger partial charge in [0.25, 0.3) is 17.4 Å². The molecule has 160 valence electrons. The zero-order valence-corrected chi connectivity index (χ0v) is 17.8. The van der Waals surface area contributed by atoms with Crippen LogP contribution in [0, 0.1) is 5.82 Å². The number of aromatic nitrogens is 2. The van der Waals surface area contributed by atoms with Crippen molar-refractivity contribution in [2.24, 2.45) is 0 Å². The highest BCUT2D eigenvalue weighted by Crippen LogP contribution is 2.24. The molecule has 1 saturated carbocycles. The first-order valence-electron chi connectivity index (χ1n) is 9.62. The van der Waals surface area contributed by atoms with Gasteiger partial charge in [0, 0.05) is 24.5 Å². The lowest BCUT2D eigenvalue weighted by atomic mass is 10.1. The molecule has 2 aromatic heterocycles. The van der Waals surface area contributed by atoms with Crippen LogP contribution in [0.25, 0.3) is 5.69 Å². The van der Waals surface area contributed by atoms with Crippen LogP contribution in [0.1, 0.15) is 39.3 Å². The number of nitrogens with one attached hydrogen (secondary N) is 2. The molecule has 0 bridgehead atoms.